The van der Waals surface area contributed by atoms with E-state index in [0.29, 0.717) is 18.8 Å². The normalized spacial score (nSPS) is 25.9. The third-order valence-electron chi connectivity index (χ3n) is 4.38. The van der Waals surface area contributed by atoms with Crippen LogP contribution in [0, 0.1) is 5.41 Å². The summed E-state index contributed by atoms with van der Waals surface area (Å²) in [5, 5.41) is 9.48. The van der Waals surface area contributed by atoms with Crippen molar-refractivity contribution in [3.8, 4) is 0 Å². The van der Waals surface area contributed by atoms with Crippen LogP contribution in [0.2, 0.25) is 0 Å². The van der Waals surface area contributed by atoms with E-state index in [1.807, 2.05) is 18.2 Å². The zero-order chi connectivity index (χ0) is 14.6. The molecular formula is C16H20O4. The molecule has 1 N–H and O–H groups in total. The van der Waals surface area contributed by atoms with Crippen molar-refractivity contribution in [1.82, 2.24) is 0 Å². The molecular weight excluding hydrogens is 256 g/mol. The first-order valence-corrected chi connectivity index (χ1v) is 6.92. The first-order valence-electron chi connectivity index (χ1n) is 6.92. The summed E-state index contributed by atoms with van der Waals surface area (Å²) in [7, 11) is 1.30. The molecule has 4 heteroatoms. The van der Waals surface area contributed by atoms with Crippen LogP contribution < -0.4 is 0 Å². The van der Waals surface area contributed by atoms with E-state index in [2.05, 4.69) is 16.9 Å². The standard InChI is InChI=1S/C16H20O4/c1-20-14(17)11-16(15(18)19)9-7-13(8-10-16)12-5-3-2-4-6-12/h2-6,13H,7-11H2,1H3,(H,18,19). The summed E-state index contributed by atoms with van der Waals surface area (Å²) in [6, 6.07) is 10.1. The highest BCUT2D eigenvalue weighted by molar-refractivity contribution is 5.82. The van der Waals surface area contributed by atoms with Gasteiger partial charge in [-0.2, -0.15) is 0 Å². The second kappa shape index (κ2) is 6.07. The highest BCUT2D eigenvalue weighted by Gasteiger charge is 2.44. The summed E-state index contributed by atoms with van der Waals surface area (Å²) in [6.07, 6.45) is 2.62. The van der Waals surface area contributed by atoms with E-state index in [0.717, 1.165) is 12.8 Å². The molecule has 1 aliphatic carbocycles. The van der Waals surface area contributed by atoms with E-state index in [4.69, 9.17) is 0 Å². The summed E-state index contributed by atoms with van der Waals surface area (Å²) in [4.78, 5) is 23.0. The van der Waals surface area contributed by atoms with Crippen LogP contribution in [0.25, 0.3) is 0 Å². The smallest absolute Gasteiger partial charge is 0.310 e. The van der Waals surface area contributed by atoms with E-state index in [9.17, 15) is 14.7 Å². The molecule has 0 bridgehead atoms. The average molecular weight is 276 g/mol. The molecule has 0 amide bonds. The molecule has 0 aliphatic heterocycles. The Kier molecular flexibility index (Phi) is 4.42. The summed E-state index contributed by atoms with van der Waals surface area (Å²) < 4.78 is 4.64. The third kappa shape index (κ3) is 3.00. The molecule has 20 heavy (non-hydrogen) atoms. The van der Waals surface area contributed by atoms with E-state index in [1.54, 1.807) is 0 Å². The fraction of sp³-hybridized carbons (Fsp3) is 0.500. The Morgan fingerprint density at radius 1 is 1.25 bits per heavy atom. The van der Waals surface area contributed by atoms with Crippen molar-refractivity contribution >= 4 is 11.9 Å². The van der Waals surface area contributed by atoms with E-state index in [-0.39, 0.29) is 6.42 Å². The quantitative estimate of drug-likeness (QED) is 0.859. The number of esters is 1. The number of aliphatic carboxylic acids is 1. The number of benzene rings is 1. The SMILES string of the molecule is COC(=O)CC1(C(=O)O)CCC(c2ccccc2)CC1. The second-order valence-corrected chi connectivity index (χ2v) is 5.52. The van der Waals surface area contributed by atoms with Gasteiger partial charge in [0, 0.05) is 0 Å². The van der Waals surface area contributed by atoms with Gasteiger partial charge in [0.1, 0.15) is 0 Å². The predicted octanol–water partition coefficient (Wildman–Crippen LogP) is 2.98. The number of carboxylic acids is 1. The predicted molar refractivity (Wildman–Crippen MR) is 74.4 cm³/mol. The van der Waals surface area contributed by atoms with Gasteiger partial charge >= 0.3 is 11.9 Å². The molecule has 0 saturated heterocycles. The third-order valence-corrected chi connectivity index (χ3v) is 4.38. The number of carbonyl (C=O) groups excluding carboxylic acids is 1. The largest absolute Gasteiger partial charge is 0.481 e. The maximum absolute atomic E-state index is 11.6. The molecule has 0 unspecified atom stereocenters. The van der Waals surface area contributed by atoms with Crippen LogP contribution >= 0.6 is 0 Å². The monoisotopic (exact) mass is 276 g/mol. The van der Waals surface area contributed by atoms with Crippen LogP contribution in [0.4, 0.5) is 0 Å². The Labute approximate surface area is 118 Å². The molecule has 0 radical (unpaired) electrons. The van der Waals surface area contributed by atoms with E-state index in [1.165, 1.54) is 12.7 Å². The molecule has 1 fully saturated rings. The van der Waals surface area contributed by atoms with Crippen molar-refractivity contribution < 1.29 is 19.4 Å². The molecule has 0 heterocycles. The van der Waals surface area contributed by atoms with Gasteiger partial charge in [-0.1, -0.05) is 30.3 Å². The number of hydrogen-bond acceptors (Lipinski definition) is 3. The Hall–Kier alpha value is -1.84. The molecule has 108 valence electrons. The van der Waals surface area contributed by atoms with Crippen molar-refractivity contribution in [3.05, 3.63) is 35.9 Å². The zero-order valence-electron chi connectivity index (χ0n) is 11.7. The van der Waals surface area contributed by atoms with E-state index < -0.39 is 17.4 Å². The lowest BCUT2D eigenvalue weighted by Gasteiger charge is -2.36. The van der Waals surface area contributed by atoms with Crippen molar-refractivity contribution in [1.29, 1.82) is 0 Å². The second-order valence-electron chi connectivity index (χ2n) is 5.52. The Balaban J connectivity index is 2.07. The molecule has 1 aliphatic rings. The summed E-state index contributed by atoms with van der Waals surface area (Å²) >= 11 is 0. The van der Waals surface area contributed by atoms with Crippen molar-refractivity contribution in [3.63, 3.8) is 0 Å². The maximum atomic E-state index is 11.6. The lowest BCUT2D eigenvalue weighted by Crippen LogP contribution is -2.37. The minimum atomic E-state index is -0.946. The van der Waals surface area contributed by atoms with Crippen LogP contribution in [0.1, 0.15) is 43.6 Å². The number of carbonyl (C=O) groups is 2. The maximum Gasteiger partial charge on any atom is 0.310 e. The molecule has 0 spiro atoms. The van der Waals surface area contributed by atoms with Crippen LogP contribution in [0.15, 0.2) is 30.3 Å². The number of methoxy groups -OCH3 is 1. The van der Waals surface area contributed by atoms with Gasteiger partial charge in [-0.15, -0.1) is 0 Å². The molecule has 0 aromatic heterocycles. The fourth-order valence-electron chi connectivity index (χ4n) is 3.04. The van der Waals surface area contributed by atoms with Crippen LogP contribution in [0.3, 0.4) is 0 Å². The van der Waals surface area contributed by atoms with Gasteiger partial charge in [-0.05, 0) is 37.2 Å². The lowest BCUT2D eigenvalue weighted by molar-refractivity contribution is -0.159. The highest BCUT2D eigenvalue weighted by atomic mass is 16.5. The zero-order valence-corrected chi connectivity index (χ0v) is 11.7. The fourth-order valence-corrected chi connectivity index (χ4v) is 3.04. The number of hydrogen-bond donors (Lipinski definition) is 1. The van der Waals surface area contributed by atoms with Crippen molar-refractivity contribution in [2.24, 2.45) is 5.41 Å². The molecule has 0 atom stereocenters. The lowest BCUT2D eigenvalue weighted by atomic mass is 9.67. The van der Waals surface area contributed by atoms with Gasteiger partial charge in [0.2, 0.25) is 0 Å². The molecule has 1 aromatic rings. The van der Waals surface area contributed by atoms with Gasteiger partial charge in [-0.3, -0.25) is 9.59 Å². The van der Waals surface area contributed by atoms with Gasteiger partial charge in [-0.25, -0.2) is 0 Å². The summed E-state index contributed by atoms with van der Waals surface area (Å²) in [6.45, 7) is 0. The summed E-state index contributed by atoms with van der Waals surface area (Å²) in [5.74, 6) is -0.929. The first kappa shape index (κ1) is 14.6. The molecule has 4 nitrogen and oxygen atoms in total. The highest BCUT2D eigenvalue weighted by Crippen LogP contribution is 2.45. The molecule has 1 aromatic carbocycles. The van der Waals surface area contributed by atoms with Crippen LogP contribution in [-0.2, 0) is 14.3 Å². The molecule has 1 saturated carbocycles. The van der Waals surface area contributed by atoms with Crippen LogP contribution in [-0.4, -0.2) is 24.2 Å². The molecule has 2 rings (SSSR count). The summed E-state index contributed by atoms with van der Waals surface area (Å²) in [5.41, 5.74) is 0.308. The Morgan fingerprint density at radius 3 is 2.35 bits per heavy atom. The minimum absolute atomic E-state index is 0.0274. The van der Waals surface area contributed by atoms with Gasteiger partial charge in [0.25, 0.3) is 0 Å². The van der Waals surface area contributed by atoms with Gasteiger partial charge in [0.15, 0.2) is 0 Å². The number of rotatable bonds is 4. The van der Waals surface area contributed by atoms with Crippen LogP contribution in [0.5, 0.6) is 0 Å². The number of carboxylic acid groups (broad SMARTS) is 1. The minimum Gasteiger partial charge on any atom is -0.481 e. The van der Waals surface area contributed by atoms with Gasteiger partial charge < -0.3 is 9.84 Å². The van der Waals surface area contributed by atoms with Crippen molar-refractivity contribution in [2.75, 3.05) is 7.11 Å². The van der Waals surface area contributed by atoms with Crippen molar-refractivity contribution in [2.45, 2.75) is 38.0 Å². The average Bonchev–Trinajstić information content (AvgIpc) is 2.48. The first-order chi connectivity index (χ1) is 9.57. The number of ether oxygens (including phenoxy) is 1. The Morgan fingerprint density at radius 2 is 1.85 bits per heavy atom. The Bertz CT molecular complexity index is 473. The van der Waals surface area contributed by atoms with E-state index >= 15 is 0 Å². The topological polar surface area (TPSA) is 63.6 Å². The van der Waals surface area contributed by atoms with Gasteiger partial charge in [0.05, 0.1) is 18.9 Å².